The van der Waals surface area contributed by atoms with Crippen molar-refractivity contribution in [2.24, 2.45) is 11.7 Å². The van der Waals surface area contributed by atoms with Gasteiger partial charge in [-0.2, -0.15) is 0 Å². The van der Waals surface area contributed by atoms with Crippen LogP contribution in [-0.2, 0) is 4.79 Å². The summed E-state index contributed by atoms with van der Waals surface area (Å²) >= 11 is 6.04. The molecule has 1 rings (SSSR count). The molecule has 0 aliphatic carbocycles. The quantitative estimate of drug-likeness (QED) is 0.902. The van der Waals surface area contributed by atoms with Crippen molar-refractivity contribution in [1.82, 2.24) is 4.90 Å². The van der Waals surface area contributed by atoms with Crippen LogP contribution in [0.25, 0.3) is 0 Å². The summed E-state index contributed by atoms with van der Waals surface area (Å²) in [5.41, 5.74) is 7.05. The Morgan fingerprint density at radius 2 is 1.80 bits per heavy atom. The third kappa shape index (κ3) is 3.97. The predicted octanol–water partition coefficient (Wildman–Crippen LogP) is 3.62. The van der Waals surface area contributed by atoms with E-state index in [2.05, 4.69) is 0 Å². The third-order valence-electron chi connectivity index (χ3n) is 3.56. The van der Waals surface area contributed by atoms with E-state index >= 15 is 0 Å². The van der Waals surface area contributed by atoms with Crippen LogP contribution < -0.4 is 5.73 Å². The summed E-state index contributed by atoms with van der Waals surface area (Å²) in [4.78, 5) is 14.4. The summed E-state index contributed by atoms with van der Waals surface area (Å²) in [7, 11) is 0. The summed E-state index contributed by atoms with van der Waals surface area (Å²) in [6.07, 6.45) is 0. The van der Waals surface area contributed by atoms with Crippen molar-refractivity contribution >= 4 is 17.5 Å². The van der Waals surface area contributed by atoms with Gasteiger partial charge < -0.3 is 10.6 Å². The van der Waals surface area contributed by atoms with E-state index in [1.807, 2.05) is 63.8 Å². The number of nitrogens with zero attached hydrogens (tertiary/aromatic N) is 1. The molecule has 0 saturated heterocycles. The molecular formula is C16H25ClN2O. The zero-order chi connectivity index (χ0) is 15.4. The number of amides is 1. The van der Waals surface area contributed by atoms with Crippen molar-refractivity contribution in [3.05, 3.63) is 34.9 Å². The van der Waals surface area contributed by atoms with Crippen LogP contribution in [0.3, 0.4) is 0 Å². The van der Waals surface area contributed by atoms with E-state index in [-0.39, 0.29) is 23.9 Å². The van der Waals surface area contributed by atoms with Crippen LogP contribution >= 0.6 is 11.6 Å². The summed E-state index contributed by atoms with van der Waals surface area (Å²) in [5.74, 6) is 0.109. The molecule has 0 aromatic heterocycles. The lowest BCUT2D eigenvalue weighted by Crippen LogP contribution is -2.50. The van der Waals surface area contributed by atoms with Crippen LogP contribution in [0.1, 0.15) is 46.2 Å². The van der Waals surface area contributed by atoms with Crippen LogP contribution in [-0.4, -0.2) is 22.9 Å². The number of rotatable bonds is 5. The van der Waals surface area contributed by atoms with Crippen LogP contribution in [0, 0.1) is 5.92 Å². The average Bonchev–Trinajstić information content (AvgIpc) is 2.37. The Balaban J connectivity index is 3.05. The van der Waals surface area contributed by atoms with E-state index in [0.717, 1.165) is 5.56 Å². The van der Waals surface area contributed by atoms with Gasteiger partial charge in [0.25, 0.3) is 0 Å². The zero-order valence-electron chi connectivity index (χ0n) is 12.9. The number of carbonyl (C=O) groups excluding carboxylic acids is 1. The minimum absolute atomic E-state index is 0.0116. The fourth-order valence-corrected chi connectivity index (χ4v) is 2.48. The molecule has 0 radical (unpaired) electrons. The number of nitrogens with two attached hydrogens (primary N) is 1. The van der Waals surface area contributed by atoms with Crippen molar-refractivity contribution in [3.63, 3.8) is 0 Å². The predicted molar refractivity (Wildman–Crippen MR) is 84.7 cm³/mol. The minimum Gasteiger partial charge on any atom is -0.332 e. The molecule has 0 bridgehead atoms. The fourth-order valence-electron chi connectivity index (χ4n) is 2.28. The number of hydrogen-bond acceptors (Lipinski definition) is 2. The molecule has 1 amide bonds. The van der Waals surface area contributed by atoms with E-state index in [1.165, 1.54) is 0 Å². The summed E-state index contributed by atoms with van der Waals surface area (Å²) in [6.45, 7) is 9.95. The Bertz CT molecular complexity index is 460. The molecule has 3 nitrogen and oxygen atoms in total. The maximum Gasteiger partial charge on any atom is 0.240 e. The molecule has 0 heterocycles. The maximum atomic E-state index is 12.6. The number of benzene rings is 1. The monoisotopic (exact) mass is 296 g/mol. The Labute approximate surface area is 127 Å². The molecule has 0 aliphatic heterocycles. The second kappa shape index (κ2) is 7.09. The second-order valence-corrected chi connectivity index (χ2v) is 6.28. The minimum atomic E-state index is -0.473. The Kier molecular flexibility index (Phi) is 6.03. The van der Waals surface area contributed by atoms with E-state index in [0.29, 0.717) is 5.02 Å². The molecule has 112 valence electrons. The lowest BCUT2D eigenvalue weighted by Gasteiger charge is -2.36. The van der Waals surface area contributed by atoms with Gasteiger partial charge in [-0.05, 0) is 44.4 Å². The highest BCUT2D eigenvalue weighted by Crippen LogP contribution is 2.26. The Morgan fingerprint density at radius 1 is 1.20 bits per heavy atom. The highest BCUT2D eigenvalue weighted by molar-refractivity contribution is 6.30. The highest BCUT2D eigenvalue weighted by atomic mass is 35.5. The van der Waals surface area contributed by atoms with Gasteiger partial charge in [-0.15, -0.1) is 0 Å². The molecular weight excluding hydrogens is 272 g/mol. The maximum absolute atomic E-state index is 12.6. The normalized spacial score (nSPS) is 14.4. The van der Waals surface area contributed by atoms with Crippen molar-refractivity contribution in [2.75, 3.05) is 0 Å². The highest BCUT2D eigenvalue weighted by Gasteiger charge is 2.29. The number of hydrogen-bond donors (Lipinski definition) is 1. The van der Waals surface area contributed by atoms with Gasteiger partial charge in [-0.3, -0.25) is 4.79 Å². The Morgan fingerprint density at radius 3 is 2.25 bits per heavy atom. The van der Waals surface area contributed by atoms with Crippen LogP contribution in [0.5, 0.6) is 0 Å². The van der Waals surface area contributed by atoms with Crippen molar-refractivity contribution in [1.29, 1.82) is 0 Å². The lowest BCUT2D eigenvalue weighted by atomic mass is 9.99. The summed E-state index contributed by atoms with van der Waals surface area (Å²) < 4.78 is 0. The van der Waals surface area contributed by atoms with E-state index < -0.39 is 6.04 Å². The molecule has 1 aromatic carbocycles. The molecule has 0 spiro atoms. The Hall–Kier alpha value is -1.06. The molecule has 0 fully saturated rings. The molecule has 4 heteroatoms. The van der Waals surface area contributed by atoms with E-state index in [4.69, 9.17) is 17.3 Å². The van der Waals surface area contributed by atoms with Gasteiger partial charge >= 0.3 is 0 Å². The van der Waals surface area contributed by atoms with Crippen molar-refractivity contribution in [2.45, 2.75) is 52.7 Å². The van der Waals surface area contributed by atoms with E-state index in [1.54, 1.807) is 0 Å². The first-order chi connectivity index (χ1) is 9.25. The first kappa shape index (κ1) is 17.0. The van der Waals surface area contributed by atoms with Gasteiger partial charge in [0.1, 0.15) is 0 Å². The van der Waals surface area contributed by atoms with Gasteiger partial charge in [0.15, 0.2) is 0 Å². The SMILES string of the molecule is CC(C)C(N)C(=O)N(C(C)C)C(C)c1cccc(Cl)c1. The molecule has 2 N–H and O–H groups in total. The van der Waals surface area contributed by atoms with Gasteiger partial charge in [0, 0.05) is 11.1 Å². The molecule has 0 saturated carbocycles. The third-order valence-corrected chi connectivity index (χ3v) is 3.80. The first-order valence-corrected chi connectivity index (χ1v) is 7.46. The standard InChI is InChI=1S/C16H25ClN2O/c1-10(2)15(18)16(20)19(11(3)4)12(5)13-7-6-8-14(17)9-13/h6-12,15H,18H2,1-5H3. The second-order valence-electron chi connectivity index (χ2n) is 5.84. The van der Waals surface area contributed by atoms with Gasteiger partial charge in [0.05, 0.1) is 12.1 Å². The smallest absolute Gasteiger partial charge is 0.240 e. The van der Waals surface area contributed by atoms with Crippen molar-refractivity contribution in [3.8, 4) is 0 Å². The molecule has 0 aliphatic rings. The van der Waals surface area contributed by atoms with Crippen LogP contribution in [0.2, 0.25) is 5.02 Å². The lowest BCUT2D eigenvalue weighted by molar-refractivity contribution is -0.137. The molecule has 2 atom stereocenters. The van der Waals surface area contributed by atoms with Gasteiger partial charge in [-0.25, -0.2) is 0 Å². The average molecular weight is 297 g/mol. The molecule has 20 heavy (non-hydrogen) atoms. The van der Waals surface area contributed by atoms with Crippen LogP contribution in [0.4, 0.5) is 0 Å². The number of halogens is 1. The van der Waals surface area contributed by atoms with Crippen LogP contribution in [0.15, 0.2) is 24.3 Å². The first-order valence-electron chi connectivity index (χ1n) is 7.09. The van der Waals surface area contributed by atoms with E-state index in [9.17, 15) is 4.79 Å². The van der Waals surface area contributed by atoms with Gasteiger partial charge in [-0.1, -0.05) is 37.6 Å². The largest absolute Gasteiger partial charge is 0.332 e. The summed E-state index contributed by atoms with van der Waals surface area (Å²) in [5, 5.41) is 0.679. The molecule has 2 unspecified atom stereocenters. The molecule has 1 aromatic rings. The fraction of sp³-hybridized carbons (Fsp3) is 0.562. The topological polar surface area (TPSA) is 46.3 Å². The number of carbonyl (C=O) groups is 1. The van der Waals surface area contributed by atoms with Gasteiger partial charge in [0.2, 0.25) is 5.91 Å². The summed E-state index contributed by atoms with van der Waals surface area (Å²) in [6, 6.07) is 7.18. The van der Waals surface area contributed by atoms with Crippen molar-refractivity contribution < 1.29 is 4.79 Å². The zero-order valence-corrected chi connectivity index (χ0v) is 13.7.